The zero-order valence-electron chi connectivity index (χ0n) is 11.6. The van der Waals surface area contributed by atoms with Gasteiger partial charge >= 0.3 is 0 Å². The molecule has 2 rings (SSSR count). The van der Waals surface area contributed by atoms with Crippen molar-refractivity contribution in [2.45, 2.75) is 46.0 Å². The van der Waals surface area contributed by atoms with E-state index in [1.807, 2.05) is 0 Å². The van der Waals surface area contributed by atoms with Gasteiger partial charge in [-0.15, -0.1) is 12.4 Å². The number of amides is 1. The summed E-state index contributed by atoms with van der Waals surface area (Å²) in [5, 5.41) is 6.49. The molecule has 106 valence electrons. The van der Waals surface area contributed by atoms with Crippen molar-refractivity contribution in [2.75, 3.05) is 19.6 Å². The van der Waals surface area contributed by atoms with Gasteiger partial charge in [-0.05, 0) is 56.5 Å². The van der Waals surface area contributed by atoms with Crippen molar-refractivity contribution in [1.82, 2.24) is 10.6 Å². The smallest absolute Gasteiger partial charge is 0.223 e. The zero-order valence-corrected chi connectivity index (χ0v) is 12.4. The molecule has 1 unspecified atom stereocenters. The topological polar surface area (TPSA) is 41.1 Å². The van der Waals surface area contributed by atoms with Gasteiger partial charge in [0, 0.05) is 12.5 Å². The highest BCUT2D eigenvalue weighted by Gasteiger charge is 2.57. The lowest BCUT2D eigenvalue weighted by molar-refractivity contribution is -0.123. The van der Waals surface area contributed by atoms with Crippen LogP contribution in [-0.4, -0.2) is 25.5 Å². The van der Waals surface area contributed by atoms with E-state index in [0.717, 1.165) is 38.4 Å². The molecule has 2 aliphatic rings. The van der Waals surface area contributed by atoms with Gasteiger partial charge < -0.3 is 10.6 Å². The Hall–Kier alpha value is -0.280. The summed E-state index contributed by atoms with van der Waals surface area (Å²) >= 11 is 0. The van der Waals surface area contributed by atoms with Crippen LogP contribution in [0.1, 0.15) is 46.0 Å². The number of carbonyl (C=O) groups is 1. The van der Waals surface area contributed by atoms with Crippen LogP contribution < -0.4 is 10.6 Å². The molecule has 1 aliphatic heterocycles. The van der Waals surface area contributed by atoms with E-state index in [0.29, 0.717) is 17.2 Å². The fourth-order valence-electron chi connectivity index (χ4n) is 3.04. The summed E-state index contributed by atoms with van der Waals surface area (Å²) < 4.78 is 0. The minimum absolute atomic E-state index is 0. The number of nitrogens with one attached hydrogen (secondary N) is 2. The van der Waals surface area contributed by atoms with Gasteiger partial charge in [-0.3, -0.25) is 4.79 Å². The predicted octanol–water partition coefficient (Wildman–Crippen LogP) is 2.35. The summed E-state index contributed by atoms with van der Waals surface area (Å²) in [5.74, 6) is 1.38. The number of rotatable bonds is 5. The first-order valence-corrected chi connectivity index (χ1v) is 7.12. The lowest BCUT2D eigenvalue weighted by Crippen LogP contribution is -2.34. The zero-order chi connectivity index (χ0) is 12.3. The van der Waals surface area contributed by atoms with Gasteiger partial charge in [0.1, 0.15) is 0 Å². The average molecular weight is 275 g/mol. The van der Waals surface area contributed by atoms with E-state index >= 15 is 0 Å². The molecule has 1 aliphatic carbocycles. The summed E-state index contributed by atoms with van der Waals surface area (Å²) in [6.07, 6.45) is 5.84. The maximum atomic E-state index is 12.0. The lowest BCUT2D eigenvalue weighted by atomic mass is 9.92. The van der Waals surface area contributed by atoms with Gasteiger partial charge in [-0.1, -0.05) is 13.8 Å². The minimum atomic E-state index is 0. The molecule has 18 heavy (non-hydrogen) atoms. The monoisotopic (exact) mass is 274 g/mol. The summed E-state index contributed by atoms with van der Waals surface area (Å²) in [6.45, 7) is 7.51. The third-order valence-electron chi connectivity index (χ3n) is 4.36. The van der Waals surface area contributed by atoms with Crippen LogP contribution in [0.2, 0.25) is 0 Å². The van der Waals surface area contributed by atoms with Crippen LogP contribution in [0.5, 0.6) is 0 Å². The molecule has 1 saturated heterocycles. The van der Waals surface area contributed by atoms with Crippen LogP contribution in [0, 0.1) is 17.3 Å². The molecule has 0 aromatic carbocycles. The molecular formula is C14H27ClN2O. The Morgan fingerprint density at radius 3 is 2.67 bits per heavy atom. The molecule has 2 fully saturated rings. The highest BCUT2D eigenvalue weighted by Crippen LogP contribution is 2.58. The molecule has 1 amide bonds. The van der Waals surface area contributed by atoms with Gasteiger partial charge in [0.2, 0.25) is 5.91 Å². The Balaban J connectivity index is 0.00000162. The molecule has 1 heterocycles. The van der Waals surface area contributed by atoms with Crippen LogP contribution in [0.4, 0.5) is 0 Å². The number of piperidine rings is 1. The molecule has 2 N–H and O–H groups in total. The molecule has 1 atom stereocenters. The molecule has 0 bridgehead atoms. The molecule has 1 saturated carbocycles. The van der Waals surface area contributed by atoms with E-state index in [2.05, 4.69) is 24.5 Å². The number of halogens is 1. The van der Waals surface area contributed by atoms with E-state index in [1.165, 1.54) is 19.3 Å². The van der Waals surface area contributed by atoms with Crippen molar-refractivity contribution in [3.05, 3.63) is 0 Å². The SMILES string of the molecule is CC(C)CCCNC(=O)C1CC12CCNCC2.Cl. The van der Waals surface area contributed by atoms with Crippen molar-refractivity contribution >= 4 is 18.3 Å². The Bertz CT molecular complexity index is 275. The van der Waals surface area contributed by atoms with E-state index in [1.54, 1.807) is 0 Å². The van der Waals surface area contributed by atoms with Crippen LogP contribution in [0.15, 0.2) is 0 Å². The van der Waals surface area contributed by atoms with Gasteiger partial charge in [0.05, 0.1) is 0 Å². The first kappa shape index (κ1) is 15.8. The first-order chi connectivity index (χ1) is 8.14. The number of hydrogen-bond donors (Lipinski definition) is 2. The normalized spacial score (nSPS) is 24.7. The van der Waals surface area contributed by atoms with Crippen molar-refractivity contribution < 1.29 is 4.79 Å². The third-order valence-corrected chi connectivity index (χ3v) is 4.36. The van der Waals surface area contributed by atoms with Crippen molar-refractivity contribution in [1.29, 1.82) is 0 Å². The van der Waals surface area contributed by atoms with E-state index in [9.17, 15) is 4.79 Å². The summed E-state index contributed by atoms with van der Waals surface area (Å²) in [4.78, 5) is 12.0. The highest BCUT2D eigenvalue weighted by molar-refractivity contribution is 5.85. The second-order valence-corrected chi connectivity index (χ2v) is 6.20. The second kappa shape index (κ2) is 6.76. The number of carbonyl (C=O) groups excluding carboxylic acids is 1. The molecule has 1 spiro atoms. The maximum Gasteiger partial charge on any atom is 0.223 e. The van der Waals surface area contributed by atoms with Crippen LogP contribution >= 0.6 is 12.4 Å². The standard InChI is InChI=1S/C14H26N2O.ClH/c1-11(2)4-3-7-16-13(17)12-10-14(12)5-8-15-9-6-14;/h11-12,15H,3-10H2,1-2H3,(H,16,17);1H. The molecule has 4 heteroatoms. The second-order valence-electron chi connectivity index (χ2n) is 6.20. The Morgan fingerprint density at radius 1 is 1.39 bits per heavy atom. The van der Waals surface area contributed by atoms with Gasteiger partial charge in [0.25, 0.3) is 0 Å². The van der Waals surface area contributed by atoms with Crippen LogP contribution in [0.25, 0.3) is 0 Å². The van der Waals surface area contributed by atoms with E-state index in [-0.39, 0.29) is 12.4 Å². The summed E-state index contributed by atoms with van der Waals surface area (Å²) in [5.41, 5.74) is 0.382. The van der Waals surface area contributed by atoms with Crippen molar-refractivity contribution in [2.24, 2.45) is 17.3 Å². The number of hydrogen-bond acceptors (Lipinski definition) is 2. The summed E-state index contributed by atoms with van der Waals surface area (Å²) in [6, 6.07) is 0. The lowest BCUT2D eigenvalue weighted by Gasteiger charge is -2.23. The quantitative estimate of drug-likeness (QED) is 0.756. The van der Waals surface area contributed by atoms with Crippen LogP contribution in [0.3, 0.4) is 0 Å². The molecular weight excluding hydrogens is 248 g/mol. The van der Waals surface area contributed by atoms with Gasteiger partial charge in [-0.2, -0.15) is 0 Å². The average Bonchev–Trinajstić information content (AvgIpc) is 2.99. The highest BCUT2D eigenvalue weighted by atomic mass is 35.5. The van der Waals surface area contributed by atoms with Crippen LogP contribution in [-0.2, 0) is 4.79 Å². The van der Waals surface area contributed by atoms with Crippen molar-refractivity contribution in [3.8, 4) is 0 Å². The fourth-order valence-corrected chi connectivity index (χ4v) is 3.04. The Labute approximate surface area is 117 Å². The molecule has 0 aromatic heterocycles. The summed E-state index contributed by atoms with van der Waals surface area (Å²) in [7, 11) is 0. The first-order valence-electron chi connectivity index (χ1n) is 7.12. The van der Waals surface area contributed by atoms with E-state index in [4.69, 9.17) is 0 Å². The largest absolute Gasteiger partial charge is 0.356 e. The fraction of sp³-hybridized carbons (Fsp3) is 0.929. The molecule has 0 aromatic rings. The Morgan fingerprint density at radius 2 is 2.06 bits per heavy atom. The predicted molar refractivity (Wildman–Crippen MR) is 77.0 cm³/mol. The molecule has 3 nitrogen and oxygen atoms in total. The third kappa shape index (κ3) is 3.86. The van der Waals surface area contributed by atoms with Crippen molar-refractivity contribution in [3.63, 3.8) is 0 Å². The molecule has 0 radical (unpaired) electrons. The Kier molecular flexibility index (Phi) is 5.93. The van der Waals surface area contributed by atoms with Gasteiger partial charge in [-0.25, -0.2) is 0 Å². The minimum Gasteiger partial charge on any atom is -0.356 e. The maximum absolute atomic E-state index is 12.0. The van der Waals surface area contributed by atoms with Gasteiger partial charge in [0.15, 0.2) is 0 Å². The van der Waals surface area contributed by atoms with E-state index < -0.39 is 0 Å².